The van der Waals surface area contributed by atoms with Crippen molar-refractivity contribution in [2.24, 2.45) is 5.92 Å². The molecule has 0 aliphatic heterocycles. The highest BCUT2D eigenvalue weighted by Gasteiger charge is 2.12. The van der Waals surface area contributed by atoms with Crippen LogP contribution in [0.4, 0.5) is 0 Å². The first-order chi connectivity index (χ1) is 9.45. The number of carbonyl (C=O) groups excluding carboxylic acids is 1. The topological polar surface area (TPSA) is 60.1 Å². The molecule has 0 aliphatic rings. The van der Waals surface area contributed by atoms with Crippen molar-refractivity contribution >= 4 is 17.5 Å². The third-order valence-electron chi connectivity index (χ3n) is 3.00. The van der Waals surface area contributed by atoms with E-state index >= 15 is 0 Å². The molecule has 20 heavy (non-hydrogen) atoms. The van der Waals surface area contributed by atoms with Gasteiger partial charge in [0.05, 0.1) is 5.69 Å². The Bertz CT molecular complexity index is 603. The van der Waals surface area contributed by atoms with Crippen molar-refractivity contribution in [3.63, 3.8) is 0 Å². The van der Waals surface area contributed by atoms with Crippen molar-refractivity contribution in [2.45, 2.75) is 27.3 Å². The molecular weight excluding hydrogens is 278 g/mol. The summed E-state index contributed by atoms with van der Waals surface area (Å²) in [6, 6.07) is 5.15. The number of amides is 1. The van der Waals surface area contributed by atoms with Crippen molar-refractivity contribution in [3.8, 4) is 0 Å². The van der Waals surface area contributed by atoms with Crippen LogP contribution in [-0.4, -0.2) is 22.2 Å². The lowest BCUT2D eigenvalue weighted by molar-refractivity contribution is 0.0919. The van der Waals surface area contributed by atoms with E-state index in [9.17, 15) is 4.79 Å². The summed E-state index contributed by atoms with van der Waals surface area (Å²) in [7, 11) is 0. The van der Waals surface area contributed by atoms with E-state index in [1.807, 2.05) is 24.6 Å². The number of hydrogen-bond donors (Lipinski definition) is 1. The highest BCUT2D eigenvalue weighted by atomic mass is 35.5. The third kappa shape index (κ3) is 3.63. The number of hydrogen-bond acceptors (Lipinski definition) is 3. The van der Waals surface area contributed by atoms with Crippen LogP contribution in [0.3, 0.4) is 0 Å². The fourth-order valence-electron chi connectivity index (χ4n) is 2.01. The second-order valence-electron chi connectivity index (χ2n) is 5.03. The molecule has 108 valence electrons. The van der Waals surface area contributed by atoms with Crippen LogP contribution in [0.5, 0.6) is 0 Å². The van der Waals surface area contributed by atoms with Gasteiger partial charge in [-0.3, -0.25) is 9.48 Å². The molecule has 2 aromatic heterocycles. The summed E-state index contributed by atoms with van der Waals surface area (Å²) in [6.07, 6.45) is 0. The van der Waals surface area contributed by atoms with Crippen molar-refractivity contribution in [2.75, 3.05) is 6.54 Å². The van der Waals surface area contributed by atoms with Gasteiger partial charge in [0.2, 0.25) is 0 Å². The van der Waals surface area contributed by atoms with Crippen LogP contribution in [0.2, 0.25) is 5.22 Å². The van der Waals surface area contributed by atoms with E-state index in [1.165, 1.54) is 0 Å². The molecule has 0 saturated carbocycles. The second-order valence-corrected chi connectivity index (χ2v) is 5.40. The van der Waals surface area contributed by atoms with Crippen molar-refractivity contribution in [3.05, 3.63) is 40.6 Å². The Labute approximate surface area is 122 Å². The zero-order chi connectivity index (χ0) is 14.7. The molecule has 1 atom stereocenters. The molecule has 2 rings (SSSR count). The Morgan fingerprint density at radius 3 is 2.80 bits per heavy atom. The maximum absolute atomic E-state index is 11.8. The molecule has 0 aliphatic carbocycles. The smallest absolute Gasteiger partial charge is 0.287 e. The normalized spacial score (nSPS) is 12.4. The van der Waals surface area contributed by atoms with E-state index in [2.05, 4.69) is 17.3 Å². The Kier molecular flexibility index (Phi) is 4.49. The molecule has 0 spiro atoms. The molecule has 6 heteroatoms. The molecule has 1 N–H and O–H groups in total. The predicted octanol–water partition coefficient (Wildman–Crippen LogP) is 2.81. The minimum Gasteiger partial charge on any atom is -0.440 e. The SMILES string of the molecule is Cc1cc(C)n(CC(C)CNC(=O)c2ccc(Cl)o2)n1. The number of halogens is 1. The quantitative estimate of drug-likeness (QED) is 0.922. The monoisotopic (exact) mass is 295 g/mol. The van der Waals surface area contributed by atoms with Gasteiger partial charge in [0.15, 0.2) is 11.0 Å². The zero-order valence-electron chi connectivity index (χ0n) is 11.8. The van der Waals surface area contributed by atoms with Gasteiger partial charge in [-0.1, -0.05) is 6.92 Å². The maximum atomic E-state index is 11.8. The fourth-order valence-corrected chi connectivity index (χ4v) is 2.16. The fraction of sp³-hybridized carbons (Fsp3) is 0.429. The first kappa shape index (κ1) is 14.7. The highest BCUT2D eigenvalue weighted by molar-refractivity contribution is 6.29. The average Bonchev–Trinajstić information content (AvgIpc) is 2.93. The molecular formula is C14H18ClN3O2. The molecule has 0 fully saturated rings. The number of aryl methyl sites for hydroxylation is 2. The Morgan fingerprint density at radius 1 is 1.50 bits per heavy atom. The molecule has 0 aromatic carbocycles. The minimum absolute atomic E-state index is 0.214. The van der Waals surface area contributed by atoms with Gasteiger partial charge in [-0.2, -0.15) is 5.10 Å². The molecule has 0 saturated heterocycles. The summed E-state index contributed by atoms with van der Waals surface area (Å²) in [5, 5.41) is 7.45. The number of nitrogens with one attached hydrogen (secondary N) is 1. The number of rotatable bonds is 5. The van der Waals surface area contributed by atoms with E-state index in [1.54, 1.807) is 12.1 Å². The van der Waals surface area contributed by atoms with Crippen molar-refractivity contribution in [1.29, 1.82) is 0 Å². The molecule has 2 aromatic rings. The van der Waals surface area contributed by atoms with Gasteiger partial charge in [0.1, 0.15) is 0 Å². The van der Waals surface area contributed by atoms with Gasteiger partial charge in [-0.25, -0.2) is 0 Å². The predicted molar refractivity (Wildman–Crippen MR) is 76.9 cm³/mol. The first-order valence-corrected chi connectivity index (χ1v) is 6.88. The van der Waals surface area contributed by atoms with E-state index < -0.39 is 0 Å². The third-order valence-corrected chi connectivity index (χ3v) is 3.20. The van der Waals surface area contributed by atoms with Crippen LogP contribution in [0, 0.1) is 19.8 Å². The number of aromatic nitrogens is 2. The number of carbonyl (C=O) groups is 1. The van der Waals surface area contributed by atoms with Crippen LogP contribution in [0.25, 0.3) is 0 Å². The largest absolute Gasteiger partial charge is 0.440 e. The van der Waals surface area contributed by atoms with Crippen LogP contribution in [-0.2, 0) is 6.54 Å². The van der Waals surface area contributed by atoms with Gasteiger partial charge in [-0.05, 0) is 49.6 Å². The minimum atomic E-state index is -0.253. The van der Waals surface area contributed by atoms with Crippen molar-refractivity contribution < 1.29 is 9.21 Å². The van der Waals surface area contributed by atoms with Gasteiger partial charge in [0.25, 0.3) is 5.91 Å². The molecule has 5 nitrogen and oxygen atoms in total. The summed E-state index contributed by atoms with van der Waals surface area (Å²) >= 11 is 5.64. The highest BCUT2D eigenvalue weighted by Crippen LogP contribution is 2.13. The van der Waals surface area contributed by atoms with E-state index in [0.29, 0.717) is 6.54 Å². The van der Waals surface area contributed by atoms with Crippen molar-refractivity contribution in [1.82, 2.24) is 15.1 Å². The van der Waals surface area contributed by atoms with Crippen LogP contribution >= 0.6 is 11.6 Å². The molecule has 2 heterocycles. The summed E-state index contributed by atoms with van der Waals surface area (Å²) in [4.78, 5) is 11.8. The van der Waals surface area contributed by atoms with E-state index in [4.69, 9.17) is 16.0 Å². The van der Waals surface area contributed by atoms with Gasteiger partial charge in [0, 0.05) is 18.8 Å². The first-order valence-electron chi connectivity index (χ1n) is 6.50. The summed E-state index contributed by atoms with van der Waals surface area (Å²) in [5.41, 5.74) is 2.13. The van der Waals surface area contributed by atoms with Gasteiger partial charge < -0.3 is 9.73 Å². The standard InChI is InChI=1S/C14H18ClN3O2/c1-9(8-18-11(3)6-10(2)17-18)7-16-14(19)12-4-5-13(15)20-12/h4-6,9H,7-8H2,1-3H3,(H,16,19). The summed E-state index contributed by atoms with van der Waals surface area (Å²) < 4.78 is 7.01. The van der Waals surface area contributed by atoms with Crippen LogP contribution in [0.1, 0.15) is 28.9 Å². The average molecular weight is 296 g/mol. The summed E-state index contributed by atoms with van der Waals surface area (Å²) in [5.74, 6) is 0.243. The second kappa shape index (κ2) is 6.13. The van der Waals surface area contributed by atoms with E-state index in [-0.39, 0.29) is 22.8 Å². The van der Waals surface area contributed by atoms with Crippen LogP contribution < -0.4 is 5.32 Å². The van der Waals surface area contributed by atoms with Gasteiger partial charge in [-0.15, -0.1) is 0 Å². The Hall–Kier alpha value is -1.75. The molecule has 0 bridgehead atoms. The lowest BCUT2D eigenvalue weighted by Crippen LogP contribution is -2.30. The number of nitrogens with zero attached hydrogens (tertiary/aromatic N) is 2. The van der Waals surface area contributed by atoms with E-state index in [0.717, 1.165) is 17.9 Å². The Balaban J connectivity index is 1.84. The molecule has 0 radical (unpaired) electrons. The Morgan fingerprint density at radius 2 is 2.25 bits per heavy atom. The summed E-state index contributed by atoms with van der Waals surface area (Å²) in [6.45, 7) is 7.37. The maximum Gasteiger partial charge on any atom is 0.287 e. The van der Waals surface area contributed by atoms with Gasteiger partial charge >= 0.3 is 0 Å². The zero-order valence-corrected chi connectivity index (χ0v) is 12.6. The lowest BCUT2D eigenvalue weighted by Gasteiger charge is -2.13. The van der Waals surface area contributed by atoms with Crippen LogP contribution in [0.15, 0.2) is 22.6 Å². The molecule has 1 unspecified atom stereocenters. The molecule has 1 amide bonds. The number of furan rings is 1. The lowest BCUT2D eigenvalue weighted by atomic mass is 10.2.